The number of rotatable bonds is 1. The molecule has 3 rings (SSSR count). The van der Waals surface area contributed by atoms with Crippen molar-refractivity contribution in [2.24, 2.45) is 0 Å². The summed E-state index contributed by atoms with van der Waals surface area (Å²) in [5.41, 5.74) is -0.423. The third-order valence-corrected chi connectivity index (χ3v) is 3.47. The van der Waals surface area contributed by atoms with Crippen molar-refractivity contribution >= 4 is 5.78 Å². The van der Waals surface area contributed by atoms with Crippen molar-refractivity contribution in [2.45, 2.75) is 12.2 Å². The van der Waals surface area contributed by atoms with Crippen LogP contribution in [0.4, 0.5) is 0 Å². The van der Waals surface area contributed by atoms with Gasteiger partial charge in [-0.1, -0.05) is 6.07 Å². The highest BCUT2D eigenvalue weighted by Gasteiger charge is 2.41. The van der Waals surface area contributed by atoms with Crippen molar-refractivity contribution in [3.8, 4) is 28.7 Å². The quantitative estimate of drug-likeness (QED) is 0.535. The Labute approximate surface area is 124 Å². The monoisotopic (exact) mass is 304 g/mol. The summed E-state index contributed by atoms with van der Waals surface area (Å²) >= 11 is 0. The lowest BCUT2D eigenvalue weighted by atomic mass is 9.92. The molecule has 0 saturated heterocycles. The van der Waals surface area contributed by atoms with Crippen molar-refractivity contribution in [1.29, 1.82) is 0 Å². The van der Waals surface area contributed by atoms with Crippen LogP contribution in [0.3, 0.4) is 0 Å². The third-order valence-electron chi connectivity index (χ3n) is 3.47. The zero-order valence-corrected chi connectivity index (χ0v) is 11.1. The molecule has 1 heterocycles. The largest absolute Gasteiger partial charge is 0.508 e. The molecule has 0 unspecified atom stereocenters. The van der Waals surface area contributed by atoms with Crippen LogP contribution in [0.2, 0.25) is 0 Å². The van der Waals surface area contributed by atoms with Crippen LogP contribution in [0, 0.1) is 0 Å². The van der Waals surface area contributed by atoms with Crippen LogP contribution in [-0.2, 0) is 0 Å². The zero-order chi connectivity index (χ0) is 16.0. The van der Waals surface area contributed by atoms with Gasteiger partial charge in [0.25, 0.3) is 0 Å². The highest BCUT2D eigenvalue weighted by atomic mass is 16.5. The van der Waals surface area contributed by atoms with Crippen molar-refractivity contribution in [3.05, 3.63) is 41.5 Å². The van der Waals surface area contributed by atoms with Crippen LogP contribution in [0.1, 0.15) is 22.0 Å². The Morgan fingerprint density at radius 1 is 0.955 bits per heavy atom. The predicted molar refractivity (Wildman–Crippen MR) is 73.2 cm³/mol. The Morgan fingerprint density at radius 3 is 2.23 bits per heavy atom. The number of ether oxygens (including phenoxy) is 1. The molecule has 1 aliphatic rings. The van der Waals surface area contributed by atoms with Crippen LogP contribution >= 0.6 is 0 Å². The summed E-state index contributed by atoms with van der Waals surface area (Å²) in [4.78, 5) is 12.2. The summed E-state index contributed by atoms with van der Waals surface area (Å²) in [5.74, 6) is -2.57. The van der Waals surface area contributed by atoms with Crippen LogP contribution in [0.25, 0.3) is 0 Å². The fourth-order valence-electron chi connectivity index (χ4n) is 2.46. The van der Waals surface area contributed by atoms with E-state index in [4.69, 9.17) is 4.74 Å². The lowest BCUT2D eigenvalue weighted by molar-refractivity contribution is 0.0195. The van der Waals surface area contributed by atoms with Gasteiger partial charge in [0, 0.05) is 12.1 Å². The van der Waals surface area contributed by atoms with Gasteiger partial charge in [0.05, 0.1) is 5.56 Å². The average Bonchev–Trinajstić information content (AvgIpc) is 2.43. The van der Waals surface area contributed by atoms with Crippen molar-refractivity contribution in [2.75, 3.05) is 0 Å². The van der Waals surface area contributed by atoms with Crippen LogP contribution in [0.5, 0.6) is 28.7 Å². The standard InChI is InChI=1S/C15H12O7/c16-6-4-9(19)12-10(5-6)22-15(14(21)13(12)20)11-7(17)2-1-3-8(11)18/h1-5,14-19,21H/t14-,15-/m0/s1. The molecule has 0 radical (unpaired) electrons. The second kappa shape index (κ2) is 4.81. The minimum atomic E-state index is -1.73. The van der Waals surface area contributed by atoms with E-state index in [0.717, 1.165) is 12.1 Å². The Balaban J connectivity index is 2.15. The SMILES string of the molecule is O=C1c2c(O)cc(O)cc2O[C@@H](c2c(O)cccc2O)[C@H]1O. The summed E-state index contributed by atoms with van der Waals surface area (Å²) in [7, 11) is 0. The molecule has 1 aliphatic heterocycles. The van der Waals surface area contributed by atoms with Gasteiger partial charge in [0.15, 0.2) is 12.2 Å². The number of hydrogen-bond acceptors (Lipinski definition) is 7. The molecular formula is C15H12O7. The topological polar surface area (TPSA) is 127 Å². The Hall–Kier alpha value is -2.93. The number of hydrogen-bond donors (Lipinski definition) is 5. The molecule has 0 bridgehead atoms. The Morgan fingerprint density at radius 2 is 1.59 bits per heavy atom. The first-order chi connectivity index (χ1) is 10.4. The second-order valence-corrected chi connectivity index (χ2v) is 4.90. The van der Waals surface area contributed by atoms with E-state index in [-0.39, 0.29) is 34.1 Å². The minimum Gasteiger partial charge on any atom is -0.508 e. The molecule has 0 amide bonds. The van der Waals surface area contributed by atoms with Crippen molar-refractivity contribution < 1.29 is 35.1 Å². The first-order valence-corrected chi connectivity index (χ1v) is 6.36. The number of aliphatic hydroxyl groups is 1. The average molecular weight is 304 g/mol. The minimum absolute atomic E-state index is 0.152. The molecule has 22 heavy (non-hydrogen) atoms. The number of ketones is 1. The molecule has 0 spiro atoms. The molecule has 0 fully saturated rings. The summed E-state index contributed by atoms with van der Waals surface area (Å²) in [6, 6.07) is 5.97. The molecule has 2 aromatic rings. The number of phenols is 4. The summed E-state index contributed by atoms with van der Waals surface area (Å²) < 4.78 is 5.41. The maximum atomic E-state index is 12.2. The van der Waals surface area contributed by atoms with Gasteiger partial charge in [-0.15, -0.1) is 0 Å². The van der Waals surface area contributed by atoms with E-state index in [0.29, 0.717) is 0 Å². The number of Topliss-reactive ketones (excluding diaryl/α,β-unsaturated/α-hetero) is 1. The third kappa shape index (κ3) is 1.99. The van der Waals surface area contributed by atoms with E-state index < -0.39 is 23.7 Å². The van der Waals surface area contributed by atoms with E-state index in [9.17, 15) is 30.3 Å². The highest BCUT2D eigenvalue weighted by Crippen LogP contribution is 2.45. The maximum absolute atomic E-state index is 12.2. The van der Waals surface area contributed by atoms with Crippen molar-refractivity contribution in [3.63, 3.8) is 0 Å². The zero-order valence-electron chi connectivity index (χ0n) is 11.1. The maximum Gasteiger partial charge on any atom is 0.202 e. The number of aliphatic hydroxyl groups excluding tert-OH is 1. The number of carbonyl (C=O) groups is 1. The Kier molecular flexibility index (Phi) is 3.07. The second-order valence-electron chi connectivity index (χ2n) is 4.90. The van der Waals surface area contributed by atoms with Gasteiger partial charge in [-0.25, -0.2) is 0 Å². The van der Waals surface area contributed by atoms with E-state index in [1.54, 1.807) is 0 Å². The van der Waals surface area contributed by atoms with E-state index in [1.807, 2.05) is 0 Å². The number of aromatic hydroxyl groups is 4. The first kappa shape index (κ1) is 14.0. The van der Waals surface area contributed by atoms with Gasteiger partial charge in [0.2, 0.25) is 5.78 Å². The number of benzene rings is 2. The molecule has 0 aliphatic carbocycles. The van der Waals surface area contributed by atoms with Gasteiger partial charge >= 0.3 is 0 Å². The molecule has 114 valence electrons. The Bertz CT molecular complexity index is 748. The molecule has 7 nitrogen and oxygen atoms in total. The number of fused-ring (bicyclic) bond motifs is 1. The van der Waals surface area contributed by atoms with Gasteiger partial charge < -0.3 is 30.3 Å². The van der Waals surface area contributed by atoms with E-state index >= 15 is 0 Å². The van der Waals surface area contributed by atoms with Gasteiger partial charge in [-0.05, 0) is 12.1 Å². The lowest BCUT2D eigenvalue weighted by Gasteiger charge is -2.30. The van der Waals surface area contributed by atoms with Crippen LogP contribution < -0.4 is 4.74 Å². The van der Waals surface area contributed by atoms with Gasteiger partial charge in [-0.2, -0.15) is 0 Å². The molecule has 0 aromatic heterocycles. The van der Waals surface area contributed by atoms with E-state index in [1.165, 1.54) is 18.2 Å². The van der Waals surface area contributed by atoms with E-state index in [2.05, 4.69) is 0 Å². The van der Waals surface area contributed by atoms with Crippen LogP contribution in [-0.4, -0.2) is 37.4 Å². The summed E-state index contributed by atoms with van der Waals surface area (Å²) in [5, 5.41) is 49.0. The molecular weight excluding hydrogens is 292 g/mol. The molecule has 0 saturated carbocycles. The molecule has 7 heteroatoms. The summed E-state index contributed by atoms with van der Waals surface area (Å²) in [6.45, 7) is 0. The fraction of sp³-hybridized carbons (Fsp3) is 0.133. The number of phenolic OH excluding ortho intramolecular Hbond substituents is 4. The lowest BCUT2D eigenvalue weighted by Crippen LogP contribution is -2.36. The summed E-state index contributed by atoms with van der Waals surface area (Å²) in [6.07, 6.45) is -3.11. The van der Waals surface area contributed by atoms with Crippen LogP contribution in [0.15, 0.2) is 30.3 Å². The highest BCUT2D eigenvalue weighted by molar-refractivity contribution is 6.05. The predicted octanol–water partition coefficient (Wildman–Crippen LogP) is 1.19. The van der Waals surface area contributed by atoms with Crippen molar-refractivity contribution in [1.82, 2.24) is 0 Å². The molecule has 2 atom stereocenters. The van der Waals surface area contributed by atoms with Gasteiger partial charge in [-0.3, -0.25) is 4.79 Å². The smallest absolute Gasteiger partial charge is 0.202 e. The number of carbonyl (C=O) groups excluding carboxylic acids is 1. The fourth-order valence-corrected chi connectivity index (χ4v) is 2.46. The molecule has 2 aromatic carbocycles. The van der Waals surface area contributed by atoms with Gasteiger partial charge in [0.1, 0.15) is 34.3 Å². The first-order valence-electron chi connectivity index (χ1n) is 6.36. The molecule has 5 N–H and O–H groups in total. The normalized spacial score (nSPS) is 20.3.